The van der Waals surface area contributed by atoms with Crippen LogP contribution in [0.5, 0.6) is 5.75 Å². The number of hydrogen-bond acceptors (Lipinski definition) is 3. The fraction of sp³-hybridized carbons (Fsp3) is 0.632. The van der Waals surface area contributed by atoms with Crippen LogP contribution in [-0.2, 0) is 0 Å². The molecule has 0 saturated carbocycles. The molecule has 0 unspecified atom stereocenters. The van der Waals surface area contributed by atoms with E-state index in [1.165, 1.54) is 39.4 Å². The Balaban J connectivity index is 0.000000745. The third kappa shape index (κ3) is 8.05. The Hall–Kier alpha value is -1.53. The topological polar surface area (TPSA) is 36.3 Å². The first-order chi connectivity index (χ1) is 10.7. The molecule has 22 heavy (non-hydrogen) atoms. The van der Waals surface area contributed by atoms with E-state index in [4.69, 9.17) is 10.00 Å². The quantitative estimate of drug-likeness (QED) is 0.776. The molecule has 2 rings (SSSR count). The minimum absolute atomic E-state index is 0.406. The van der Waals surface area contributed by atoms with Crippen molar-refractivity contribution < 1.29 is 4.74 Å². The number of rotatable bonds is 6. The van der Waals surface area contributed by atoms with Gasteiger partial charge in [0.15, 0.2) is 0 Å². The molecule has 1 heterocycles. The highest BCUT2D eigenvalue weighted by atomic mass is 16.5. The lowest BCUT2D eigenvalue weighted by molar-refractivity contribution is 0.0990. The molecule has 0 bridgehead atoms. The molecular weight excluding hydrogens is 272 g/mol. The maximum absolute atomic E-state index is 7.32. The van der Waals surface area contributed by atoms with Crippen LogP contribution in [0.1, 0.15) is 46.5 Å². The number of piperidine rings is 1. The van der Waals surface area contributed by atoms with Gasteiger partial charge in [-0.3, -0.25) is 0 Å². The van der Waals surface area contributed by atoms with Crippen molar-refractivity contribution in [3.05, 3.63) is 30.3 Å². The van der Waals surface area contributed by atoms with E-state index in [1.54, 1.807) is 6.07 Å². The zero-order chi connectivity index (χ0) is 16.2. The Morgan fingerprint density at radius 1 is 1.23 bits per heavy atom. The Labute approximate surface area is 135 Å². The molecule has 0 atom stereocenters. The van der Waals surface area contributed by atoms with E-state index in [1.807, 2.05) is 18.2 Å². The average molecular weight is 302 g/mol. The number of nitriles is 1. The van der Waals surface area contributed by atoms with Crippen LogP contribution in [0.15, 0.2) is 30.3 Å². The number of ether oxygens (including phenoxy) is 1. The van der Waals surface area contributed by atoms with Crippen LogP contribution in [0, 0.1) is 17.2 Å². The summed E-state index contributed by atoms with van der Waals surface area (Å²) in [6.45, 7) is 9.68. The zero-order valence-corrected chi connectivity index (χ0v) is 14.3. The molecule has 3 nitrogen and oxygen atoms in total. The largest absolute Gasteiger partial charge is 0.490 e. The molecule has 0 spiro atoms. The summed E-state index contributed by atoms with van der Waals surface area (Å²) in [5.74, 6) is 1.85. The fourth-order valence-corrected chi connectivity index (χ4v) is 2.67. The van der Waals surface area contributed by atoms with Crippen LogP contribution in [0.4, 0.5) is 0 Å². The lowest BCUT2D eigenvalue weighted by Crippen LogP contribution is -2.38. The molecule has 0 aromatic heterocycles. The van der Waals surface area contributed by atoms with Crippen molar-refractivity contribution in [1.29, 1.82) is 5.26 Å². The van der Waals surface area contributed by atoms with E-state index in [2.05, 4.69) is 30.9 Å². The lowest BCUT2D eigenvalue weighted by Gasteiger charge is -2.32. The van der Waals surface area contributed by atoms with Gasteiger partial charge in [-0.25, -0.2) is 0 Å². The minimum atomic E-state index is 0.406. The molecule has 1 aromatic carbocycles. The number of nitrogens with zero attached hydrogens (tertiary/aromatic N) is 2. The Bertz CT molecular complexity index is 417. The zero-order valence-electron chi connectivity index (χ0n) is 14.3. The Morgan fingerprint density at radius 2 is 1.82 bits per heavy atom. The molecule has 0 N–H and O–H groups in total. The third-order valence-corrected chi connectivity index (χ3v) is 3.84. The van der Waals surface area contributed by atoms with Gasteiger partial charge in [0.25, 0.3) is 0 Å². The molecule has 3 heteroatoms. The van der Waals surface area contributed by atoms with Crippen LogP contribution in [0.25, 0.3) is 0 Å². The van der Waals surface area contributed by atoms with Crippen molar-refractivity contribution in [3.8, 4) is 11.8 Å². The maximum Gasteiger partial charge on any atom is 0.119 e. The monoisotopic (exact) mass is 302 g/mol. The molecule has 122 valence electrons. The van der Waals surface area contributed by atoms with E-state index in [-0.39, 0.29) is 0 Å². The summed E-state index contributed by atoms with van der Waals surface area (Å²) >= 11 is 0. The van der Waals surface area contributed by atoms with E-state index >= 15 is 0 Å². The summed E-state index contributed by atoms with van der Waals surface area (Å²) < 4.78 is 6.02. The van der Waals surface area contributed by atoms with Crippen molar-refractivity contribution in [2.75, 3.05) is 19.6 Å². The molecule has 1 fully saturated rings. The SMILES string of the molecule is CC#N.CC(C)CCCN1CCC(Oc2ccccc2)CC1. The molecule has 1 aliphatic rings. The summed E-state index contributed by atoms with van der Waals surface area (Å²) in [4.78, 5) is 2.59. The molecule has 0 amide bonds. The number of benzene rings is 1. The van der Waals surface area contributed by atoms with Gasteiger partial charge in [0.2, 0.25) is 0 Å². The highest BCUT2D eigenvalue weighted by Gasteiger charge is 2.19. The van der Waals surface area contributed by atoms with E-state index in [0.717, 1.165) is 24.5 Å². The van der Waals surface area contributed by atoms with E-state index < -0.39 is 0 Å². The minimum Gasteiger partial charge on any atom is -0.490 e. The fourth-order valence-electron chi connectivity index (χ4n) is 2.67. The van der Waals surface area contributed by atoms with Crippen molar-refractivity contribution in [2.45, 2.75) is 52.6 Å². The Morgan fingerprint density at radius 3 is 2.36 bits per heavy atom. The normalized spacial score (nSPS) is 15.8. The van der Waals surface area contributed by atoms with E-state index in [9.17, 15) is 0 Å². The van der Waals surface area contributed by atoms with Crippen LogP contribution < -0.4 is 4.74 Å². The van der Waals surface area contributed by atoms with Crippen molar-refractivity contribution in [1.82, 2.24) is 4.90 Å². The van der Waals surface area contributed by atoms with Gasteiger partial charge in [0, 0.05) is 20.0 Å². The van der Waals surface area contributed by atoms with Gasteiger partial charge >= 0.3 is 0 Å². The number of hydrogen-bond donors (Lipinski definition) is 0. The van der Waals surface area contributed by atoms with Crippen LogP contribution in [0.3, 0.4) is 0 Å². The molecular formula is C19H30N2O. The first-order valence-electron chi connectivity index (χ1n) is 8.40. The Kier molecular flexibility index (Phi) is 9.34. The summed E-state index contributed by atoms with van der Waals surface area (Å²) in [5.41, 5.74) is 0. The second kappa shape index (κ2) is 11.1. The average Bonchev–Trinajstić information content (AvgIpc) is 2.51. The molecule has 0 aliphatic carbocycles. The van der Waals surface area contributed by atoms with Crippen molar-refractivity contribution >= 4 is 0 Å². The van der Waals surface area contributed by atoms with Gasteiger partial charge < -0.3 is 9.64 Å². The van der Waals surface area contributed by atoms with Crippen LogP contribution in [-0.4, -0.2) is 30.6 Å². The summed E-state index contributed by atoms with van der Waals surface area (Å²) in [5, 5.41) is 7.32. The highest BCUT2D eigenvalue weighted by molar-refractivity contribution is 5.21. The summed E-state index contributed by atoms with van der Waals surface area (Å²) in [6, 6.07) is 12.0. The van der Waals surface area contributed by atoms with Gasteiger partial charge in [-0.15, -0.1) is 0 Å². The van der Waals surface area contributed by atoms with Gasteiger partial charge in [-0.1, -0.05) is 32.0 Å². The van der Waals surface area contributed by atoms with Gasteiger partial charge in [-0.2, -0.15) is 5.26 Å². The predicted molar refractivity (Wildman–Crippen MR) is 91.9 cm³/mol. The van der Waals surface area contributed by atoms with Gasteiger partial charge in [0.1, 0.15) is 11.9 Å². The second-order valence-electron chi connectivity index (χ2n) is 6.23. The summed E-state index contributed by atoms with van der Waals surface area (Å²) in [7, 11) is 0. The summed E-state index contributed by atoms with van der Waals surface area (Å²) in [6.07, 6.45) is 5.42. The van der Waals surface area contributed by atoms with Crippen LogP contribution >= 0.6 is 0 Å². The van der Waals surface area contributed by atoms with Gasteiger partial charge in [-0.05, 0) is 50.3 Å². The maximum atomic E-state index is 7.32. The first kappa shape index (κ1) is 18.5. The highest BCUT2D eigenvalue weighted by Crippen LogP contribution is 2.19. The molecule has 1 aliphatic heterocycles. The molecule has 1 saturated heterocycles. The smallest absolute Gasteiger partial charge is 0.119 e. The van der Waals surface area contributed by atoms with Crippen LogP contribution in [0.2, 0.25) is 0 Å². The van der Waals surface area contributed by atoms with Gasteiger partial charge in [0.05, 0.1) is 6.07 Å². The number of para-hydroxylation sites is 1. The van der Waals surface area contributed by atoms with Crippen molar-refractivity contribution in [3.63, 3.8) is 0 Å². The standard InChI is InChI=1S/C17H27NO.C2H3N/c1-15(2)7-6-12-18-13-10-17(11-14-18)19-16-8-4-3-5-9-16;1-2-3/h3-5,8-9,15,17H,6-7,10-14H2,1-2H3;1H3. The second-order valence-corrected chi connectivity index (χ2v) is 6.23. The van der Waals surface area contributed by atoms with Crippen molar-refractivity contribution in [2.24, 2.45) is 5.92 Å². The third-order valence-electron chi connectivity index (χ3n) is 3.84. The van der Waals surface area contributed by atoms with E-state index in [0.29, 0.717) is 6.10 Å². The predicted octanol–water partition coefficient (Wildman–Crippen LogP) is 4.50. The molecule has 1 aromatic rings. The first-order valence-corrected chi connectivity index (χ1v) is 8.40. The number of likely N-dealkylation sites (tertiary alicyclic amines) is 1. The molecule has 0 radical (unpaired) electrons. The lowest BCUT2D eigenvalue weighted by atomic mass is 10.1.